The van der Waals surface area contributed by atoms with Crippen LogP contribution in [0.15, 0.2) is 12.7 Å². The van der Waals surface area contributed by atoms with Crippen LogP contribution in [0.4, 0.5) is 0 Å². The number of nitrogens with zero attached hydrogens (tertiary/aromatic N) is 3. The van der Waals surface area contributed by atoms with Gasteiger partial charge in [-0.05, 0) is 0 Å². The molecule has 1 aliphatic carbocycles. The van der Waals surface area contributed by atoms with Gasteiger partial charge in [-0.25, -0.2) is 0 Å². The molecule has 1 aliphatic rings. The van der Waals surface area contributed by atoms with Crippen molar-refractivity contribution in [3.8, 4) is 0 Å². The Morgan fingerprint density at radius 3 is 2.94 bits per heavy atom. The molecule has 1 N–H and O–H groups in total. The molecule has 0 amide bonds. The SMILES string of the molecule is B=C1CCC(C)(CC)C1(O)Cn1cncn1. The Morgan fingerprint density at radius 1 is 1.62 bits per heavy atom. The molecule has 0 aliphatic heterocycles. The molecule has 1 fully saturated rings. The fourth-order valence-corrected chi connectivity index (χ4v) is 2.59. The fraction of sp³-hybridized carbons (Fsp3) is 0.727. The second-order valence-corrected chi connectivity index (χ2v) is 4.97. The van der Waals surface area contributed by atoms with Gasteiger partial charge in [-0.15, -0.1) is 0 Å². The zero-order valence-corrected chi connectivity index (χ0v) is 9.98. The Labute approximate surface area is 96.8 Å². The molecule has 4 nitrogen and oxygen atoms in total. The molecule has 5 heteroatoms. The van der Waals surface area contributed by atoms with E-state index in [4.69, 9.17) is 0 Å². The van der Waals surface area contributed by atoms with Gasteiger partial charge in [0, 0.05) is 0 Å². The molecular formula is C11H18BN3O. The van der Waals surface area contributed by atoms with Crippen molar-refractivity contribution in [3.63, 3.8) is 0 Å². The summed E-state index contributed by atoms with van der Waals surface area (Å²) in [5.41, 5.74) is -0.0294. The van der Waals surface area contributed by atoms with Gasteiger partial charge in [0.25, 0.3) is 0 Å². The van der Waals surface area contributed by atoms with Crippen LogP contribution in [0.5, 0.6) is 0 Å². The second-order valence-electron chi connectivity index (χ2n) is 4.97. The molecule has 0 aromatic carbocycles. The van der Waals surface area contributed by atoms with E-state index in [1.165, 1.54) is 6.33 Å². The van der Waals surface area contributed by atoms with Gasteiger partial charge in [-0.1, -0.05) is 0 Å². The minimum atomic E-state index is -0.852. The van der Waals surface area contributed by atoms with Crippen molar-refractivity contribution in [2.24, 2.45) is 5.41 Å². The van der Waals surface area contributed by atoms with Crippen molar-refractivity contribution in [2.45, 2.75) is 45.3 Å². The maximum atomic E-state index is 10.9. The molecule has 0 spiro atoms. The summed E-state index contributed by atoms with van der Waals surface area (Å²) in [5.74, 6) is 0. The summed E-state index contributed by atoms with van der Waals surface area (Å²) < 4.78 is 1.68. The van der Waals surface area contributed by atoms with Gasteiger partial charge >= 0.3 is 96.1 Å². The average Bonchev–Trinajstić information content (AvgIpc) is 2.83. The van der Waals surface area contributed by atoms with Gasteiger partial charge < -0.3 is 0 Å². The summed E-state index contributed by atoms with van der Waals surface area (Å²) in [5, 5.41) is 14.9. The number of hydrogen-bond donors (Lipinski definition) is 1. The number of aliphatic hydroxyl groups is 1. The van der Waals surface area contributed by atoms with E-state index in [1.54, 1.807) is 11.0 Å². The van der Waals surface area contributed by atoms with Crippen molar-refractivity contribution in [3.05, 3.63) is 12.7 Å². The molecular weight excluding hydrogens is 201 g/mol. The summed E-state index contributed by atoms with van der Waals surface area (Å²) in [6.07, 6.45) is 5.96. The minimum absolute atomic E-state index is 0.101. The molecule has 1 aromatic rings. The molecule has 0 bridgehead atoms. The van der Waals surface area contributed by atoms with E-state index in [9.17, 15) is 5.11 Å². The summed E-state index contributed by atoms with van der Waals surface area (Å²) in [4.78, 5) is 3.91. The topological polar surface area (TPSA) is 50.9 Å². The first-order chi connectivity index (χ1) is 7.52. The fourth-order valence-electron chi connectivity index (χ4n) is 2.59. The van der Waals surface area contributed by atoms with E-state index in [0.29, 0.717) is 6.54 Å². The van der Waals surface area contributed by atoms with Crippen molar-refractivity contribution in [1.29, 1.82) is 0 Å². The number of rotatable bonds is 3. The Balaban J connectivity index is 2.30. The molecule has 2 atom stereocenters. The van der Waals surface area contributed by atoms with Gasteiger partial charge in [-0.2, -0.15) is 0 Å². The maximum absolute atomic E-state index is 10.9. The van der Waals surface area contributed by atoms with E-state index in [1.807, 2.05) is 0 Å². The van der Waals surface area contributed by atoms with Crippen LogP contribution in [-0.2, 0) is 6.54 Å². The second kappa shape index (κ2) is 3.80. The molecule has 2 unspecified atom stereocenters. The predicted molar refractivity (Wildman–Crippen MR) is 64.8 cm³/mol. The van der Waals surface area contributed by atoms with Crippen molar-refractivity contribution >= 4 is 13.0 Å². The Kier molecular flexibility index (Phi) is 2.74. The van der Waals surface area contributed by atoms with Gasteiger partial charge in [0.15, 0.2) is 0 Å². The molecule has 16 heavy (non-hydrogen) atoms. The molecule has 2 rings (SSSR count). The Hall–Kier alpha value is -0.965. The van der Waals surface area contributed by atoms with Gasteiger partial charge in [0.05, 0.1) is 0 Å². The van der Waals surface area contributed by atoms with Gasteiger partial charge in [0.1, 0.15) is 0 Å². The van der Waals surface area contributed by atoms with Crippen molar-refractivity contribution < 1.29 is 5.11 Å². The average molecular weight is 219 g/mol. The van der Waals surface area contributed by atoms with E-state index in [-0.39, 0.29) is 5.41 Å². The molecule has 0 saturated heterocycles. The van der Waals surface area contributed by atoms with Crippen LogP contribution in [0, 0.1) is 5.41 Å². The molecule has 0 radical (unpaired) electrons. The third-order valence-electron chi connectivity index (χ3n) is 4.20. The summed E-state index contributed by atoms with van der Waals surface area (Å²) in [7, 11) is 4.02. The first kappa shape index (κ1) is 11.5. The van der Waals surface area contributed by atoms with E-state index < -0.39 is 5.60 Å². The summed E-state index contributed by atoms with van der Waals surface area (Å²) in [6, 6.07) is 0. The zero-order chi connectivity index (χ0) is 11.8. The van der Waals surface area contributed by atoms with Crippen LogP contribution < -0.4 is 0 Å². The summed E-state index contributed by atoms with van der Waals surface area (Å²) >= 11 is 0. The van der Waals surface area contributed by atoms with Crippen molar-refractivity contribution in [2.75, 3.05) is 0 Å². The van der Waals surface area contributed by atoms with Crippen LogP contribution in [-0.4, -0.2) is 38.4 Å². The standard InChI is InChI=1S/C11H18BN3O/c1-3-10(2)5-4-9(12)11(10,16)6-15-8-13-7-14-15/h7-8,12,16H,3-6H2,1-2H3. The Bertz CT molecular complexity index is 392. The van der Waals surface area contributed by atoms with E-state index >= 15 is 0 Å². The monoisotopic (exact) mass is 219 g/mol. The van der Waals surface area contributed by atoms with Crippen LogP contribution in [0.3, 0.4) is 0 Å². The van der Waals surface area contributed by atoms with Crippen LogP contribution >= 0.6 is 0 Å². The molecule has 86 valence electrons. The van der Waals surface area contributed by atoms with Gasteiger partial charge in [0.2, 0.25) is 0 Å². The van der Waals surface area contributed by atoms with E-state index in [2.05, 4.69) is 31.4 Å². The summed E-state index contributed by atoms with van der Waals surface area (Å²) in [6.45, 7) is 4.70. The Morgan fingerprint density at radius 2 is 2.38 bits per heavy atom. The third-order valence-corrected chi connectivity index (χ3v) is 4.20. The van der Waals surface area contributed by atoms with Crippen LogP contribution in [0.2, 0.25) is 0 Å². The quantitative estimate of drug-likeness (QED) is 0.743. The number of aromatic nitrogens is 3. The molecule has 1 aromatic heterocycles. The van der Waals surface area contributed by atoms with Gasteiger partial charge in [-0.3, -0.25) is 0 Å². The van der Waals surface area contributed by atoms with Crippen LogP contribution in [0.1, 0.15) is 33.1 Å². The van der Waals surface area contributed by atoms with Crippen LogP contribution in [0.25, 0.3) is 0 Å². The number of hydrogen-bond acceptors (Lipinski definition) is 3. The zero-order valence-electron chi connectivity index (χ0n) is 9.98. The van der Waals surface area contributed by atoms with E-state index in [0.717, 1.165) is 24.7 Å². The normalized spacial score (nSPS) is 34.5. The molecule has 1 saturated carbocycles. The molecule has 1 heterocycles. The van der Waals surface area contributed by atoms with Crippen molar-refractivity contribution in [1.82, 2.24) is 14.8 Å². The first-order valence-electron chi connectivity index (χ1n) is 5.75. The predicted octanol–water partition coefficient (Wildman–Crippen LogP) is 0.293. The third kappa shape index (κ3) is 1.54. The first-order valence-corrected chi connectivity index (χ1v) is 5.75.